The highest BCUT2D eigenvalue weighted by molar-refractivity contribution is 5.30. The van der Waals surface area contributed by atoms with Gasteiger partial charge in [0.05, 0.1) is 17.9 Å². The van der Waals surface area contributed by atoms with E-state index in [0.29, 0.717) is 5.76 Å². The number of hydrogen-bond donors (Lipinski definition) is 1. The highest BCUT2D eigenvalue weighted by Gasteiger charge is 2.30. The summed E-state index contributed by atoms with van der Waals surface area (Å²) in [6, 6.07) is 8.31. The molecule has 0 aliphatic rings. The Morgan fingerprint density at radius 2 is 1.78 bits per heavy atom. The van der Waals surface area contributed by atoms with E-state index in [0.717, 1.165) is 17.7 Å². The number of benzene rings is 1. The van der Waals surface area contributed by atoms with Gasteiger partial charge >= 0.3 is 6.18 Å². The Bertz CT molecular complexity index is 488. The zero-order chi connectivity index (χ0) is 13.2. The molecule has 1 aromatic heterocycles. The van der Waals surface area contributed by atoms with Gasteiger partial charge in [0.2, 0.25) is 0 Å². The summed E-state index contributed by atoms with van der Waals surface area (Å²) < 4.78 is 42.6. The molecule has 0 saturated carbocycles. The van der Waals surface area contributed by atoms with Crippen molar-refractivity contribution in [2.75, 3.05) is 7.05 Å². The maximum Gasteiger partial charge on any atom is 0.416 e. The molecule has 96 valence electrons. The van der Waals surface area contributed by atoms with Crippen molar-refractivity contribution in [3.05, 3.63) is 59.5 Å². The maximum absolute atomic E-state index is 12.4. The molecule has 0 amide bonds. The molecule has 0 fully saturated rings. The van der Waals surface area contributed by atoms with Gasteiger partial charge in [0, 0.05) is 0 Å². The van der Waals surface area contributed by atoms with E-state index in [9.17, 15) is 13.2 Å². The molecular formula is C13H12F3NO. The van der Waals surface area contributed by atoms with Gasteiger partial charge in [-0.05, 0) is 36.9 Å². The summed E-state index contributed by atoms with van der Waals surface area (Å²) in [7, 11) is 1.73. The highest BCUT2D eigenvalue weighted by atomic mass is 19.4. The minimum atomic E-state index is -4.31. The number of halogens is 3. The molecule has 5 heteroatoms. The monoisotopic (exact) mass is 255 g/mol. The number of nitrogens with one attached hydrogen (secondary N) is 1. The lowest BCUT2D eigenvalue weighted by molar-refractivity contribution is -0.137. The van der Waals surface area contributed by atoms with Gasteiger partial charge in [-0.1, -0.05) is 12.1 Å². The summed E-state index contributed by atoms with van der Waals surface area (Å²) in [4.78, 5) is 0. The second-order valence-corrected chi connectivity index (χ2v) is 3.86. The summed E-state index contributed by atoms with van der Waals surface area (Å²) in [5, 5.41) is 3.00. The standard InChI is InChI=1S/C13H12F3NO/c1-17-12(11-3-2-8-18-11)9-4-6-10(7-5-9)13(14,15)16/h2-8,12,17H,1H3. The Hall–Kier alpha value is -1.75. The first-order chi connectivity index (χ1) is 8.52. The third-order valence-electron chi connectivity index (χ3n) is 2.69. The topological polar surface area (TPSA) is 25.2 Å². The van der Waals surface area contributed by atoms with Gasteiger partial charge in [0.15, 0.2) is 0 Å². The van der Waals surface area contributed by atoms with E-state index in [1.54, 1.807) is 19.2 Å². The van der Waals surface area contributed by atoms with Crippen LogP contribution in [0.2, 0.25) is 0 Å². The van der Waals surface area contributed by atoms with Crippen molar-refractivity contribution in [1.82, 2.24) is 5.32 Å². The fourth-order valence-electron chi connectivity index (χ4n) is 1.79. The van der Waals surface area contributed by atoms with Crippen LogP contribution in [-0.2, 0) is 6.18 Å². The predicted molar refractivity (Wildman–Crippen MR) is 61.1 cm³/mol. The lowest BCUT2D eigenvalue weighted by Gasteiger charge is -2.15. The first-order valence-corrected chi connectivity index (χ1v) is 5.40. The Kier molecular flexibility index (Phi) is 3.43. The molecule has 1 aromatic carbocycles. The molecule has 0 radical (unpaired) electrons. The largest absolute Gasteiger partial charge is 0.467 e. The minimum absolute atomic E-state index is 0.248. The van der Waals surface area contributed by atoms with Crippen LogP contribution in [0.25, 0.3) is 0 Å². The number of furan rings is 1. The lowest BCUT2D eigenvalue weighted by Crippen LogP contribution is -2.17. The van der Waals surface area contributed by atoms with Crippen LogP contribution in [0, 0.1) is 0 Å². The third-order valence-corrected chi connectivity index (χ3v) is 2.69. The zero-order valence-corrected chi connectivity index (χ0v) is 9.66. The Balaban J connectivity index is 2.28. The average Bonchev–Trinajstić information content (AvgIpc) is 2.83. The highest BCUT2D eigenvalue weighted by Crippen LogP contribution is 2.30. The van der Waals surface area contributed by atoms with Crippen LogP contribution in [0.3, 0.4) is 0 Å². The predicted octanol–water partition coefficient (Wildman–Crippen LogP) is 3.61. The Morgan fingerprint density at radius 3 is 2.22 bits per heavy atom. The quantitative estimate of drug-likeness (QED) is 0.906. The average molecular weight is 255 g/mol. The van der Waals surface area contributed by atoms with Gasteiger partial charge < -0.3 is 9.73 Å². The van der Waals surface area contributed by atoms with E-state index in [1.165, 1.54) is 18.4 Å². The first-order valence-electron chi connectivity index (χ1n) is 5.40. The molecule has 2 rings (SSSR count). The summed E-state index contributed by atoms with van der Waals surface area (Å²) in [6.45, 7) is 0. The second-order valence-electron chi connectivity index (χ2n) is 3.86. The van der Waals surface area contributed by atoms with Crippen molar-refractivity contribution in [2.45, 2.75) is 12.2 Å². The third kappa shape index (κ3) is 2.56. The fraction of sp³-hybridized carbons (Fsp3) is 0.231. The van der Waals surface area contributed by atoms with Crippen LogP contribution < -0.4 is 5.32 Å². The molecule has 2 aromatic rings. The van der Waals surface area contributed by atoms with Crippen LogP contribution in [0.1, 0.15) is 22.9 Å². The lowest BCUT2D eigenvalue weighted by atomic mass is 10.0. The summed E-state index contributed by atoms with van der Waals surface area (Å²) in [5.74, 6) is 0.664. The smallest absolute Gasteiger partial charge is 0.416 e. The molecule has 1 heterocycles. The Morgan fingerprint density at radius 1 is 1.11 bits per heavy atom. The molecule has 0 saturated heterocycles. The normalized spacial score (nSPS) is 13.6. The molecule has 2 nitrogen and oxygen atoms in total. The molecule has 18 heavy (non-hydrogen) atoms. The molecule has 0 bridgehead atoms. The van der Waals surface area contributed by atoms with Crippen molar-refractivity contribution in [3.8, 4) is 0 Å². The van der Waals surface area contributed by atoms with Gasteiger partial charge in [-0.15, -0.1) is 0 Å². The van der Waals surface area contributed by atoms with E-state index in [-0.39, 0.29) is 6.04 Å². The van der Waals surface area contributed by atoms with E-state index in [1.807, 2.05) is 0 Å². The van der Waals surface area contributed by atoms with E-state index in [4.69, 9.17) is 4.42 Å². The minimum Gasteiger partial charge on any atom is -0.467 e. The van der Waals surface area contributed by atoms with Crippen LogP contribution >= 0.6 is 0 Å². The van der Waals surface area contributed by atoms with Crippen molar-refractivity contribution in [1.29, 1.82) is 0 Å². The number of hydrogen-bond acceptors (Lipinski definition) is 2. The SMILES string of the molecule is CNC(c1ccc(C(F)(F)F)cc1)c1ccco1. The van der Waals surface area contributed by atoms with E-state index in [2.05, 4.69) is 5.32 Å². The number of rotatable bonds is 3. The van der Waals surface area contributed by atoms with Gasteiger partial charge in [-0.2, -0.15) is 13.2 Å². The van der Waals surface area contributed by atoms with Crippen molar-refractivity contribution in [3.63, 3.8) is 0 Å². The van der Waals surface area contributed by atoms with Gasteiger partial charge in [-0.3, -0.25) is 0 Å². The van der Waals surface area contributed by atoms with Crippen molar-refractivity contribution in [2.24, 2.45) is 0 Å². The van der Waals surface area contributed by atoms with E-state index < -0.39 is 11.7 Å². The van der Waals surface area contributed by atoms with Gasteiger partial charge in [-0.25, -0.2) is 0 Å². The molecule has 0 spiro atoms. The Labute approximate surface area is 102 Å². The van der Waals surface area contributed by atoms with Crippen molar-refractivity contribution >= 4 is 0 Å². The maximum atomic E-state index is 12.4. The molecule has 0 aliphatic carbocycles. The van der Waals surface area contributed by atoms with Crippen LogP contribution in [0.5, 0.6) is 0 Å². The van der Waals surface area contributed by atoms with Crippen LogP contribution in [-0.4, -0.2) is 7.05 Å². The van der Waals surface area contributed by atoms with Crippen LogP contribution in [0.4, 0.5) is 13.2 Å². The summed E-state index contributed by atoms with van der Waals surface area (Å²) in [6.07, 6.45) is -2.78. The van der Waals surface area contributed by atoms with Crippen molar-refractivity contribution < 1.29 is 17.6 Å². The fourth-order valence-corrected chi connectivity index (χ4v) is 1.79. The van der Waals surface area contributed by atoms with E-state index >= 15 is 0 Å². The van der Waals surface area contributed by atoms with Crippen LogP contribution in [0.15, 0.2) is 47.1 Å². The molecule has 1 N–H and O–H groups in total. The zero-order valence-electron chi connectivity index (χ0n) is 9.66. The molecule has 1 atom stereocenters. The summed E-state index contributed by atoms with van der Waals surface area (Å²) >= 11 is 0. The molecular weight excluding hydrogens is 243 g/mol. The number of alkyl halides is 3. The molecule has 1 unspecified atom stereocenters. The first kappa shape index (κ1) is 12.7. The van der Waals surface area contributed by atoms with Gasteiger partial charge in [0.1, 0.15) is 5.76 Å². The van der Waals surface area contributed by atoms with Gasteiger partial charge in [0.25, 0.3) is 0 Å². The second kappa shape index (κ2) is 4.86. The summed E-state index contributed by atoms with van der Waals surface area (Å²) in [5.41, 5.74) is 0.0704. The molecule has 0 aliphatic heterocycles.